The fourth-order valence-electron chi connectivity index (χ4n) is 1.10. The lowest BCUT2D eigenvalue weighted by Gasteiger charge is -2.28. The van der Waals surface area contributed by atoms with E-state index in [1.165, 1.54) is 0 Å². The lowest BCUT2D eigenvalue weighted by Crippen LogP contribution is -2.50. The molecule has 0 amide bonds. The summed E-state index contributed by atoms with van der Waals surface area (Å²) in [5.41, 5.74) is 0. The molecule has 0 heterocycles. The van der Waals surface area contributed by atoms with Gasteiger partial charge >= 0.3 is 0 Å². The Hall–Kier alpha value is -1.18. The summed E-state index contributed by atoms with van der Waals surface area (Å²) in [6.45, 7) is 0. The molecule has 0 spiro atoms. The quantitative estimate of drug-likeness (QED) is 0.414. The number of allylic oxidation sites excluding steroid dienone is 2. The highest BCUT2D eigenvalue weighted by molar-refractivity contribution is 7.88. The van der Waals surface area contributed by atoms with Crippen LogP contribution in [0.5, 0.6) is 0 Å². The highest BCUT2D eigenvalue weighted by Crippen LogP contribution is 2.27. The molecular formula is C7H8O6S. The van der Waals surface area contributed by atoms with Gasteiger partial charge in [0.25, 0.3) is 10.1 Å². The van der Waals surface area contributed by atoms with Crippen molar-refractivity contribution in [2.45, 2.75) is 10.9 Å². The minimum Gasteiger partial charge on any atom is -0.509 e. The van der Waals surface area contributed by atoms with Crippen LogP contribution in [0.3, 0.4) is 0 Å². The number of hydrogen-bond acceptors (Lipinski definition) is 5. The summed E-state index contributed by atoms with van der Waals surface area (Å²) < 4.78 is 28.0. The minimum atomic E-state index is -4.83. The van der Waals surface area contributed by atoms with Crippen molar-refractivity contribution in [3.05, 3.63) is 24.0 Å². The Morgan fingerprint density at radius 3 is 2.43 bits per heavy atom. The summed E-state index contributed by atoms with van der Waals surface area (Å²) in [6.07, 6.45) is 0.772. The van der Waals surface area contributed by atoms with Gasteiger partial charge in [0.1, 0.15) is 11.9 Å². The van der Waals surface area contributed by atoms with Gasteiger partial charge in [0.05, 0.1) is 0 Å². The molecule has 0 aliphatic heterocycles. The first-order valence-corrected chi connectivity index (χ1v) is 4.99. The molecule has 1 aliphatic rings. The molecule has 1 aliphatic carbocycles. The third kappa shape index (κ3) is 1.35. The fraction of sp³-hybridized carbons (Fsp3) is 0.286. The monoisotopic (exact) mass is 220 g/mol. The van der Waals surface area contributed by atoms with E-state index in [2.05, 4.69) is 0 Å². The van der Waals surface area contributed by atoms with Gasteiger partial charge in [-0.3, -0.25) is 4.55 Å². The van der Waals surface area contributed by atoms with Crippen LogP contribution >= 0.6 is 0 Å². The van der Waals surface area contributed by atoms with Crippen molar-refractivity contribution in [2.75, 3.05) is 0 Å². The van der Waals surface area contributed by atoms with E-state index < -0.39 is 26.7 Å². The Bertz CT molecular complexity index is 406. The number of carbonyl (C=O) groups is 1. The molecule has 0 bridgehead atoms. The second-order valence-electron chi connectivity index (χ2n) is 2.80. The Morgan fingerprint density at radius 2 is 2.07 bits per heavy atom. The number of aliphatic hydroxyl groups excluding tert-OH is 2. The van der Waals surface area contributed by atoms with E-state index in [4.69, 9.17) is 9.66 Å². The molecule has 0 fully saturated rings. The molecule has 0 aromatic rings. The first-order valence-electron chi connectivity index (χ1n) is 3.55. The lowest BCUT2D eigenvalue weighted by molar-refractivity contribution is -0.111. The fourth-order valence-corrected chi connectivity index (χ4v) is 1.88. The third-order valence-electron chi connectivity index (χ3n) is 1.96. The normalized spacial score (nSPS) is 32.4. The number of rotatable bonds is 2. The Kier molecular flexibility index (Phi) is 2.49. The summed E-state index contributed by atoms with van der Waals surface area (Å²) in [4.78, 5) is 10.6. The summed E-state index contributed by atoms with van der Waals surface area (Å²) in [7, 11) is -4.83. The van der Waals surface area contributed by atoms with Gasteiger partial charge in [-0.15, -0.1) is 0 Å². The molecule has 0 aromatic carbocycles. The Labute approximate surface area is 79.9 Å². The van der Waals surface area contributed by atoms with E-state index in [1.54, 1.807) is 0 Å². The highest BCUT2D eigenvalue weighted by Gasteiger charge is 2.50. The van der Waals surface area contributed by atoms with E-state index in [9.17, 15) is 18.3 Å². The number of hydrogen-bond donors (Lipinski definition) is 3. The average Bonchev–Trinajstić information content (AvgIpc) is 2.08. The maximum atomic E-state index is 10.9. The topological polar surface area (TPSA) is 112 Å². The Morgan fingerprint density at radius 1 is 1.50 bits per heavy atom. The van der Waals surface area contributed by atoms with Crippen molar-refractivity contribution in [3.8, 4) is 0 Å². The first-order chi connectivity index (χ1) is 6.35. The predicted octanol–water partition coefficient (Wildman–Crippen LogP) is -0.815. The van der Waals surface area contributed by atoms with Gasteiger partial charge in [-0.05, 0) is 6.08 Å². The zero-order chi connectivity index (χ0) is 11.0. The molecule has 14 heavy (non-hydrogen) atoms. The molecule has 2 atom stereocenters. The van der Waals surface area contributed by atoms with Crippen LogP contribution in [-0.2, 0) is 14.9 Å². The number of aliphatic hydroxyl groups is 2. The number of carbonyl (C=O) groups excluding carboxylic acids is 1. The molecule has 78 valence electrons. The van der Waals surface area contributed by atoms with Crippen LogP contribution in [0, 0.1) is 0 Å². The maximum Gasteiger partial charge on any atom is 0.284 e. The molecule has 3 N–H and O–H groups in total. The molecule has 0 saturated carbocycles. The zero-order valence-corrected chi connectivity index (χ0v) is 7.68. The van der Waals surface area contributed by atoms with E-state index in [1.807, 2.05) is 0 Å². The van der Waals surface area contributed by atoms with E-state index in [0.717, 1.165) is 18.2 Å². The van der Waals surface area contributed by atoms with Crippen molar-refractivity contribution < 1.29 is 28.0 Å². The highest BCUT2D eigenvalue weighted by atomic mass is 32.2. The van der Waals surface area contributed by atoms with Gasteiger partial charge in [-0.1, -0.05) is 12.2 Å². The lowest BCUT2D eigenvalue weighted by atomic mass is 9.97. The molecule has 2 unspecified atom stereocenters. The van der Waals surface area contributed by atoms with Crippen LogP contribution < -0.4 is 0 Å². The van der Waals surface area contributed by atoms with Gasteiger partial charge in [-0.2, -0.15) is 8.42 Å². The average molecular weight is 220 g/mol. The summed E-state index contributed by atoms with van der Waals surface area (Å²) in [6, 6.07) is 0. The molecule has 0 radical (unpaired) electrons. The third-order valence-corrected chi connectivity index (χ3v) is 3.31. The molecule has 0 aromatic heterocycles. The summed E-state index contributed by atoms with van der Waals surface area (Å²) >= 11 is 0. The van der Waals surface area contributed by atoms with E-state index >= 15 is 0 Å². The first kappa shape index (κ1) is 10.9. The standard InChI is InChI=1S/C7H8O6S/c8-4-7(14(11,12)13)3-1-2-5(9)6(7)10/h1-4,6,9-10H,(H,11,12,13). The van der Waals surface area contributed by atoms with Gasteiger partial charge in [0.15, 0.2) is 6.29 Å². The van der Waals surface area contributed by atoms with Crippen molar-refractivity contribution in [1.82, 2.24) is 0 Å². The SMILES string of the molecule is O=CC1(S(=O)(=O)O)C=CC=C(O)C1O. The van der Waals surface area contributed by atoms with Crippen LogP contribution in [0.2, 0.25) is 0 Å². The number of aldehydes is 1. The maximum absolute atomic E-state index is 10.9. The van der Waals surface area contributed by atoms with Crippen molar-refractivity contribution >= 4 is 16.4 Å². The molecule has 1 rings (SSSR count). The van der Waals surface area contributed by atoms with Gasteiger partial charge < -0.3 is 15.0 Å². The van der Waals surface area contributed by atoms with Crippen molar-refractivity contribution in [1.29, 1.82) is 0 Å². The van der Waals surface area contributed by atoms with E-state index in [-0.39, 0.29) is 6.29 Å². The molecule has 6 nitrogen and oxygen atoms in total. The minimum absolute atomic E-state index is 0.132. The largest absolute Gasteiger partial charge is 0.509 e. The second kappa shape index (κ2) is 3.19. The van der Waals surface area contributed by atoms with Crippen LogP contribution in [-0.4, -0.2) is 40.3 Å². The van der Waals surface area contributed by atoms with Gasteiger partial charge in [0.2, 0.25) is 4.75 Å². The van der Waals surface area contributed by atoms with Crippen LogP contribution in [0.25, 0.3) is 0 Å². The molecular weight excluding hydrogens is 212 g/mol. The zero-order valence-electron chi connectivity index (χ0n) is 6.86. The predicted molar refractivity (Wildman–Crippen MR) is 46.2 cm³/mol. The van der Waals surface area contributed by atoms with Crippen molar-refractivity contribution in [2.24, 2.45) is 0 Å². The Balaban J connectivity index is 3.37. The summed E-state index contributed by atoms with van der Waals surface area (Å²) in [5.74, 6) is -0.697. The molecule has 7 heteroatoms. The smallest absolute Gasteiger partial charge is 0.284 e. The molecule has 0 saturated heterocycles. The van der Waals surface area contributed by atoms with Gasteiger partial charge in [0, 0.05) is 0 Å². The van der Waals surface area contributed by atoms with Crippen LogP contribution in [0.1, 0.15) is 0 Å². The van der Waals surface area contributed by atoms with Crippen molar-refractivity contribution in [3.63, 3.8) is 0 Å². The van der Waals surface area contributed by atoms with Crippen LogP contribution in [0.15, 0.2) is 24.0 Å². The van der Waals surface area contributed by atoms with Gasteiger partial charge in [-0.25, -0.2) is 0 Å². The van der Waals surface area contributed by atoms with E-state index in [0.29, 0.717) is 0 Å². The summed E-state index contributed by atoms with van der Waals surface area (Å²) in [5, 5.41) is 18.3. The van der Waals surface area contributed by atoms with Crippen LogP contribution in [0.4, 0.5) is 0 Å². The second-order valence-corrected chi connectivity index (χ2v) is 4.46.